The molecule has 0 aromatic heterocycles. The Bertz CT molecular complexity index is 214. The van der Waals surface area contributed by atoms with Crippen LogP contribution < -0.4 is 5.32 Å². The van der Waals surface area contributed by atoms with E-state index in [2.05, 4.69) is 5.32 Å². The van der Waals surface area contributed by atoms with E-state index < -0.39 is 0 Å². The molecule has 0 aliphatic heterocycles. The molecule has 0 heterocycles. The number of esters is 1. The first kappa shape index (κ1) is 15.4. The van der Waals surface area contributed by atoms with Gasteiger partial charge < -0.3 is 14.8 Å². The van der Waals surface area contributed by atoms with Crippen LogP contribution in [0.2, 0.25) is 0 Å². The highest BCUT2D eigenvalue weighted by atomic mass is 16.5. The van der Waals surface area contributed by atoms with Gasteiger partial charge in [-0.15, -0.1) is 0 Å². The first-order valence-electron chi connectivity index (χ1n) is 5.70. The van der Waals surface area contributed by atoms with Gasteiger partial charge in [-0.2, -0.15) is 0 Å². The average molecular weight is 231 g/mol. The largest absolute Gasteiger partial charge is 0.468 e. The summed E-state index contributed by atoms with van der Waals surface area (Å²) in [6.07, 6.45) is 0.851. The summed E-state index contributed by atoms with van der Waals surface area (Å²) >= 11 is 0. The molecule has 0 spiro atoms. The number of hydrogen-bond donors (Lipinski definition) is 1. The van der Waals surface area contributed by atoms with Crippen molar-refractivity contribution in [1.82, 2.24) is 5.32 Å². The quantitative estimate of drug-likeness (QED) is 0.676. The summed E-state index contributed by atoms with van der Waals surface area (Å²) in [5, 5.41) is 3.21. The molecule has 0 radical (unpaired) electrons. The number of methoxy groups -OCH3 is 2. The maximum Gasteiger partial charge on any atom is 0.323 e. The minimum Gasteiger partial charge on any atom is -0.468 e. The van der Waals surface area contributed by atoms with Gasteiger partial charge in [0, 0.05) is 7.11 Å². The highest BCUT2D eigenvalue weighted by Crippen LogP contribution is 2.12. The minimum atomic E-state index is -0.238. The average Bonchev–Trinajstić information content (AvgIpc) is 2.23. The summed E-state index contributed by atoms with van der Waals surface area (Å²) in [5.74, 6) is 0.0170. The van der Waals surface area contributed by atoms with Crippen molar-refractivity contribution >= 4 is 5.97 Å². The molecule has 0 aromatic carbocycles. The molecule has 1 atom stereocenters. The van der Waals surface area contributed by atoms with Gasteiger partial charge in [-0.05, 0) is 32.7 Å². The summed E-state index contributed by atoms with van der Waals surface area (Å²) < 4.78 is 10.1. The number of rotatable bonds is 7. The molecule has 0 fully saturated rings. The third kappa shape index (κ3) is 5.47. The Labute approximate surface area is 98.7 Å². The highest BCUT2D eigenvalue weighted by molar-refractivity contribution is 5.75. The fraction of sp³-hybridized carbons (Fsp3) is 0.917. The number of hydrogen-bond acceptors (Lipinski definition) is 4. The molecule has 1 N–H and O–H groups in total. The second kappa shape index (κ2) is 6.86. The van der Waals surface area contributed by atoms with Gasteiger partial charge in [0.15, 0.2) is 0 Å². The van der Waals surface area contributed by atoms with Gasteiger partial charge in [-0.1, -0.05) is 13.8 Å². The van der Waals surface area contributed by atoms with E-state index in [1.54, 1.807) is 7.11 Å². The second-order valence-electron chi connectivity index (χ2n) is 4.91. The predicted octanol–water partition coefficient (Wildman–Crippen LogP) is 1.59. The summed E-state index contributed by atoms with van der Waals surface area (Å²) in [7, 11) is 3.11. The summed E-state index contributed by atoms with van der Waals surface area (Å²) in [4.78, 5) is 11.5. The highest BCUT2D eigenvalue weighted by Gasteiger charge is 2.23. The molecular weight excluding hydrogens is 206 g/mol. The molecule has 4 heteroatoms. The van der Waals surface area contributed by atoms with Crippen molar-refractivity contribution in [1.29, 1.82) is 0 Å². The van der Waals surface area contributed by atoms with Gasteiger partial charge in [-0.25, -0.2) is 0 Å². The molecule has 0 aliphatic carbocycles. The maximum absolute atomic E-state index is 11.5. The van der Waals surface area contributed by atoms with Gasteiger partial charge in [-0.3, -0.25) is 4.79 Å². The van der Waals surface area contributed by atoms with E-state index in [1.807, 2.05) is 27.7 Å². The maximum atomic E-state index is 11.5. The molecule has 0 saturated heterocycles. The zero-order valence-corrected chi connectivity index (χ0v) is 11.3. The minimum absolute atomic E-state index is 0.162. The van der Waals surface area contributed by atoms with Crippen LogP contribution in [-0.4, -0.2) is 38.4 Å². The van der Waals surface area contributed by atoms with E-state index in [0.29, 0.717) is 0 Å². The Morgan fingerprint density at radius 1 is 1.31 bits per heavy atom. The Hall–Kier alpha value is -0.610. The number of ether oxygens (including phenoxy) is 2. The lowest BCUT2D eigenvalue weighted by molar-refractivity contribution is -0.144. The van der Waals surface area contributed by atoms with Crippen molar-refractivity contribution in [3.8, 4) is 0 Å². The molecule has 0 saturated carbocycles. The van der Waals surface area contributed by atoms with Gasteiger partial charge >= 0.3 is 5.97 Å². The Morgan fingerprint density at radius 3 is 2.25 bits per heavy atom. The first-order chi connectivity index (χ1) is 7.34. The lowest BCUT2D eigenvalue weighted by atomic mass is 10.0. The van der Waals surface area contributed by atoms with Crippen LogP contribution in [0.4, 0.5) is 0 Å². The van der Waals surface area contributed by atoms with E-state index >= 15 is 0 Å². The molecule has 4 nitrogen and oxygen atoms in total. The third-order valence-electron chi connectivity index (χ3n) is 2.77. The van der Waals surface area contributed by atoms with Crippen LogP contribution in [0.5, 0.6) is 0 Å². The first-order valence-corrected chi connectivity index (χ1v) is 5.70. The molecule has 0 amide bonds. The predicted molar refractivity (Wildman–Crippen MR) is 64.3 cm³/mol. The van der Waals surface area contributed by atoms with Gasteiger partial charge in [0.05, 0.1) is 12.7 Å². The van der Waals surface area contributed by atoms with Crippen molar-refractivity contribution in [3.05, 3.63) is 0 Å². The summed E-state index contributed by atoms with van der Waals surface area (Å²) in [5.41, 5.74) is -0.162. The molecule has 96 valence electrons. The SMILES string of the molecule is COC(=O)C(NCCC(C)(C)OC)C(C)C. The van der Waals surface area contributed by atoms with E-state index in [4.69, 9.17) is 9.47 Å². The Morgan fingerprint density at radius 2 is 1.88 bits per heavy atom. The van der Waals surface area contributed by atoms with Crippen molar-refractivity contribution in [3.63, 3.8) is 0 Å². The Balaban J connectivity index is 4.09. The summed E-state index contributed by atoms with van der Waals surface area (Å²) in [6, 6.07) is -0.238. The molecule has 0 rings (SSSR count). The fourth-order valence-corrected chi connectivity index (χ4v) is 1.35. The topological polar surface area (TPSA) is 47.6 Å². The lowest BCUT2D eigenvalue weighted by Gasteiger charge is -2.25. The fourth-order valence-electron chi connectivity index (χ4n) is 1.35. The van der Waals surface area contributed by atoms with Crippen molar-refractivity contribution in [2.75, 3.05) is 20.8 Å². The second-order valence-corrected chi connectivity index (χ2v) is 4.91. The van der Waals surface area contributed by atoms with Gasteiger partial charge in [0.25, 0.3) is 0 Å². The molecule has 0 aliphatic rings. The van der Waals surface area contributed by atoms with Crippen LogP contribution in [-0.2, 0) is 14.3 Å². The monoisotopic (exact) mass is 231 g/mol. The standard InChI is InChI=1S/C12H25NO3/c1-9(2)10(11(14)15-5)13-8-7-12(3,4)16-6/h9-10,13H,7-8H2,1-6H3. The number of carbonyl (C=O) groups excluding carboxylic acids is 1. The number of carbonyl (C=O) groups is 1. The number of nitrogens with one attached hydrogen (secondary N) is 1. The molecule has 0 bridgehead atoms. The molecule has 0 aromatic rings. The van der Waals surface area contributed by atoms with Crippen LogP contribution in [0, 0.1) is 5.92 Å². The van der Waals surface area contributed by atoms with Crippen LogP contribution in [0.1, 0.15) is 34.1 Å². The van der Waals surface area contributed by atoms with Crippen LogP contribution >= 0.6 is 0 Å². The van der Waals surface area contributed by atoms with Crippen LogP contribution in [0.3, 0.4) is 0 Å². The van der Waals surface area contributed by atoms with Gasteiger partial charge in [0.2, 0.25) is 0 Å². The van der Waals surface area contributed by atoms with E-state index in [-0.39, 0.29) is 23.5 Å². The van der Waals surface area contributed by atoms with E-state index in [9.17, 15) is 4.79 Å². The van der Waals surface area contributed by atoms with E-state index in [0.717, 1.165) is 13.0 Å². The van der Waals surface area contributed by atoms with Crippen LogP contribution in [0.15, 0.2) is 0 Å². The smallest absolute Gasteiger partial charge is 0.323 e. The third-order valence-corrected chi connectivity index (χ3v) is 2.77. The van der Waals surface area contributed by atoms with E-state index in [1.165, 1.54) is 7.11 Å². The van der Waals surface area contributed by atoms with Gasteiger partial charge in [0.1, 0.15) is 6.04 Å². The summed E-state index contributed by atoms with van der Waals surface area (Å²) in [6.45, 7) is 8.78. The Kier molecular flexibility index (Phi) is 6.60. The zero-order valence-electron chi connectivity index (χ0n) is 11.3. The van der Waals surface area contributed by atoms with Crippen molar-refractivity contribution in [2.45, 2.75) is 45.8 Å². The van der Waals surface area contributed by atoms with Crippen molar-refractivity contribution in [2.24, 2.45) is 5.92 Å². The van der Waals surface area contributed by atoms with Crippen LogP contribution in [0.25, 0.3) is 0 Å². The zero-order chi connectivity index (χ0) is 12.8. The lowest BCUT2D eigenvalue weighted by Crippen LogP contribution is -2.43. The van der Waals surface area contributed by atoms with Crippen molar-refractivity contribution < 1.29 is 14.3 Å². The molecule has 1 unspecified atom stereocenters. The normalized spacial score (nSPS) is 13.9. The molecular formula is C12H25NO3. The molecule has 16 heavy (non-hydrogen) atoms.